The van der Waals surface area contributed by atoms with E-state index in [4.69, 9.17) is 5.73 Å². The molecular formula is C14H12F4N2. The highest BCUT2D eigenvalue weighted by atomic mass is 19.4. The number of hydrogen-bond acceptors (Lipinski definition) is 2. The Morgan fingerprint density at radius 1 is 1.15 bits per heavy atom. The summed E-state index contributed by atoms with van der Waals surface area (Å²) >= 11 is 0. The number of benzene rings is 1. The molecule has 0 saturated carbocycles. The lowest BCUT2D eigenvalue weighted by atomic mass is 10.0. The van der Waals surface area contributed by atoms with Crippen LogP contribution in [0, 0.1) is 12.7 Å². The fraction of sp³-hybridized carbons (Fsp3) is 0.214. The first-order valence-electron chi connectivity index (χ1n) is 5.84. The van der Waals surface area contributed by atoms with Crippen molar-refractivity contribution in [1.29, 1.82) is 0 Å². The second-order valence-electron chi connectivity index (χ2n) is 4.46. The molecule has 2 aromatic rings. The van der Waals surface area contributed by atoms with Crippen molar-refractivity contribution in [3.05, 3.63) is 64.7 Å². The third kappa shape index (κ3) is 2.96. The first kappa shape index (κ1) is 14.5. The maximum atomic E-state index is 13.5. The SMILES string of the molecule is Cc1ccc(C(N)c2ccc(C(F)(F)F)cn2)cc1F. The number of rotatable bonds is 2. The Morgan fingerprint density at radius 3 is 2.35 bits per heavy atom. The minimum atomic E-state index is -4.44. The number of halogens is 4. The quantitative estimate of drug-likeness (QED) is 0.856. The first-order valence-corrected chi connectivity index (χ1v) is 5.84. The first-order chi connectivity index (χ1) is 9.29. The van der Waals surface area contributed by atoms with Gasteiger partial charge in [0.25, 0.3) is 0 Å². The summed E-state index contributed by atoms with van der Waals surface area (Å²) in [5, 5.41) is 0. The van der Waals surface area contributed by atoms with Gasteiger partial charge in [0, 0.05) is 6.20 Å². The topological polar surface area (TPSA) is 38.9 Å². The highest BCUT2D eigenvalue weighted by Crippen LogP contribution is 2.29. The normalized spacial score (nSPS) is 13.3. The van der Waals surface area contributed by atoms with Crippen molar-refractivity contribution in [2.75, 3.05) is 0 Å². The third-order valence-electron chi connectivity index (χ3n) is 2.99. The Balaban J connectivity index is 2.29. The van der Waals surface area contributed by atoms with Gasteiger partial charge in [-0.15, -0.1) is 0 Å². The van der Waals surface area contributed by atoms with Gasteiger partial charge in [-0.25, -0.2) is 4.39 Å². The average Bonchev–Trinajstić information content (AvgIpc) is 2.40. The molecule has 2 rings (SSSR count). The van der Waals surface area contributed by atoms with Crippen LogP contribution < -0.4 is 5.73 Å². The lowest BCUT2D eigenvalue weighted by molar-refractivity contribution is -0.137. The van der Waals surface area contributed by atoms with Crippen molar-refractivity contribution in [3.63, 3.8) is 0 Å². The monoisotopic (exact) mass is 284 g/mol. The molecule has 20 heavy (non-hydrogen) atoms. The van der Waals surface area contributed by atoms with E-state index in [-0.39, 0.29) is 5.69 Å². The largest absolute Gasteiger partial charge is 0.417 e. The molecule has 1 atom stereocenters. The minimum absolute atomic E-state index is 0.251. The molecule has 1 unspecified atom stereocenters. The van der Waals surface area contributed by atoms with Gasteiger partial charge in [-0.05, 0) is 36.2 Å². The lowest BCUT2D eigenvalue weighted by Crippen LogP contribution is -2.15. The van der Waals surface area contributed by atoms with E-state index in [0.29, 0.717) is 11.1 Å². The van der Waals surface area contributed by atoms with Crippen LogP contribution >= 0.6 is 0 Å². The molecule has 1 heterocycles. The molecular weight excluding hydrogens is 272 g/mol. The Morgan fingerprint density at radius 2 is 1.85 bits per heavy atom. The van der Waals surface area contributed by atoms with Crippen LogP contribution in [0.3, 0.4) is 0 Å². The van der Waals surface area contributed by atoms with Crippen LogP contribution in [0.25, 0.3) is 0 Å². The molecule has 0 fully saturated rings. The maximum Gasteiger partial charge on any atom is 0.417 e. The van der Waals surface area contributed by atoms with E-state index in [2.05, 4.69) is 4.98 Å². The van der Waals surface area contributed by atoms with E-state index in [9.17, 15) is 17.6 Å². The van der Waals surface area contributed by atoms with E-state index in [0.717, 1.165) is 12.3 Å². The minimum Gasteiger partial charge on any atom is -0.319 e. The van der Waals surface area contributed by atoms with Gasteiger partial charge in [0.1, 0.15) is 5.82 Å². The Bertz CT molecular complexity index is 606. The molecule has 0 saturated heterocycles. The zero-order chi connectivity index (χ0) is 14.9. The van der Waals surface area contributed by atoms with Crippen molar-refractivity contribution >= 4 is 0 Å². The molecule has 0 amide bonds. The molecule has 106 valence electrons. The molecule has 6 heteroatoms. The number of pyridine rings is 1. The van der Waals surface area contributed by atoms with Crippen molar-refractivity contribution in [2.24, 2.45) is 5.73 Å². The molecule has 2 nitrogen and oxygen atoms in total. The molecule has 0 aliphatic heterocycles. The third-order valence-corrected chi connectivity index (χ3v) is 2.99. The molecule has 2 N–H and O–H groups in total. The van der Waals surface area contributed by atoms with Crippen molar-refractivity contribution in [2.45, 2.75) is 19.1 Å². The van der Waals surface area contributed by atoms with E-state index in [1.54, 1.807) is 19.1 Å². The van der Waals surface area contributed by atoms with Crippen LogP contribution in [0.5, 0.6) is 0 Å². The van der Waals surface area contributed by atoms with E-state index in [1.807, 2.05) is 0 Å². The van der Waals surface area contributed by atoms with E-state index in [1.165, 1.54) is 12.1 Å². The van der Waals surface area contributed by atoms with Gasteiger partial charge >= 0.3 is 6.18 Å². The lowest BCUT2D eigenvalue weighted by Gasteiger charge is -2.13. The summed E-state index contributed by atoms with van der Waals surface area (Å²) in [6, 6.07) is 5.79. The number of aromatic nitrogens is 1. The summed E-state index contributed by atoms with van der Waals surface area (Å²) in [6.45, 7) is 1.61. The number of nitrogens with zero attached hydrogens (tertiary/aromatic N) is 1. The maximum absolute atomic E-state index is 13.5. The Kier molecular flexibility index (Phi) is 3.76. The van der Waals surface area contributed by atoms with E-state index >= 15 is 0 Å². The van der Waals surface area contributed by atoms with Gasteiger partial charge in [-0.2, -0.15) is 13.2 Å². The summed E-state index contributed by atoms with van der Waals surface area (Å²) in [5.41, 5.74) is 6.22. The highest BCUT2D eigenvalue weighted by Gasteiger charge is 2.30. The standard InChI is InChI=1S/C14H12F4N2/c1-8-2-3-9(6-11(8)15)13(19)12-5-4-10(7-20-12)14(16,17)18/h2-7,13H,19H2,1H3. The van der Waals surface area contributed by atoms with Crippen LogP contribution in [0.2, 0.25) is 0 Å². The number of alkyl halides is 3. The van der Waals surface area contributed by atoms with Crippen molar-refractivity contribution in [1.82, 2.24) is 4.98 Å². The molecule has 0 radical (unpaired) electrons. The fourth-order valence-electron chi connectivity index (χ4n) is 1.73. The van der Waals surface area contributed by atoms with Crippen LogP contribution in [0.4, 0.5) is 17.6 Å². The van der Waals surface area contributed by atoms with E-state index < -0.39 is 23.6 Å². The molecule has 1 aromatic heterocycles. The highest BCUT2D eigenvalue weighted by molar-refractivity contribution is 5.31. The molecule has 0 aliphatic carbocycles. The molecule has 0 aliphatic rings. The number of aryl methyl sites for hydroxylation is 1. The van der Waals surface area contributed by atoms with Gasteiger partial charge in [-0.3, -0.25) is 4.98 Å². The van der Waals surface area contributed by atoms with Gasteiger partial charge in [0.05, 0.1) is 17.3 Å². The van der Waals surface area contributed by atoms with Gasteiger partial charge in [-0.1, -0.05) is 12.1 Å². The van der Waals surface area contributed by atoms with Crippen molar-refractivity contribution in [3.8, 4) is 0 Å². The predicted molar refractivity (Wildman–Crippen MR) is 66.4 cm³/mol. The zero-order valence-electron chi connectivity index (χ0n) is 10.6. The zero-order valence-corrected chi connectivity index (χ0v) is 10.6. The van der Waals surface area contributed by atoms with Gasteiger partial charge in [0.15, 0.2) is 0 Å². The van der Waals surface area contributed by atoms with Crippen LogP contribution in [0.1, 0.15) is 28.4 Å². The Labute approximate surface area is 113 Å². The smallest absolute Gasteiger partial charge is 0.319 e. The van der Waals surface area contributed by atoms with Crippen LogP contribution in [-0.2, 0) is 6.18 Å². The van der Waals surface area contributed by atoms with Gasteiger partial charge in [0.2, 0.25) is 0 Å². The number of hydrogen-bond donors (Lipinski definition) is 1. The molecule has 0 spiro atoms. The summed E-state index contributed by atoms with van der Waals surface area (Å²) in [4.78, 5) is 3.71. The Hall–Kier alpha value is -1.95. The second-order valence-corrected chi connectivity index (χ2v) is 4.46. The number of nitrogens with two attached hydrogens (primary N) is 1. The van der Waals surface area contributed by atoms with Gasteiger partial charge < -0.3 is 5.73 Å². The molecule has 1 aromatic carbocycles. The average molecular weight is 284 g/mol. The summed E-state index contributed by atoms with van der Waals surface area (Å²) < 4.78 is 50.7. The summed E-state index contributed by atoms with van der Waals surface area (Å²) in [7, 11) is 0. The summed E-state index contributed by atoms with van der Waals surface area (Å²) in [6.07, 6.45) is -3.72. The predicted octanol–water partition coefficient (Wildman–Crippen LogP) is 3.60. The molecule has 0 bridgehead atoms. The summed E-state index contributed by atoms with van der Waals surface area (Å²) in [5.74, 6) is -0.412. The van der Waals surface area contributed by atoms with Crippen LogP contribution in [0.15, 0.2) is 36.5 Å². The van der Waals surface area contributed by atoms with Crippen molar-refractivity contribution < 1.29 is 17.6 Å². The second kappa shape index (κ2) is 5.20. The fourth-order valence-corrected chi connectivity index (χ4v) is 1.73. The van der Waals surface area contributed by atoms with Crippen LogP contribution in [-0.4, -0.2) is 4.98 Å².